The summed E-state index contributed by atoms with van der Waals surface area (Å²) in [5.41, 5.74) is -1.03. The molecule has 0 bridgehead atoms. The number of hydrogen-bond acceptors (Lipinski definition) is 2. The molecule has 0 amide bonds. The monoisotopic (exact) mass is 393 g/mol. The molecule has 0 radical (unpaired) electrons. The van der Waals surface area contributed by atoms with E-state index in [1.165, 1.54) is 51.2 Å². The Kier molecular flexibility index (Phi) is 11.7. The van der Waals surface area contributed by atoms with E-state index in [1.807, 2.05) is 0 Å². The van der Waals surface area contributed by atoms with Crippen LogP contribution in [0, 0.1) is 29.1 Å². The predicted molar refractivity (Wildman–Crippen MR) is 96.0 cm³/mol. The van der Waals surface area contributed by atoms with Crippen molar-refractivity contribution in [3.8, 4) is 0 Å². The molecule has 0 fully saturated rings. The van der Waals surface area contributed by atoms with Crippen molar-refractivity contribution in [3.05, 3.63) is 34.6 Å². The van der Waals surface area contributed by atoms with Crippen LogP contribution in [-0.4, -0.2) is 6.21 Å². The highest BCUT2D eigenvalue weighted by Gasteiger charge is 2.25. The molecular weight excluding hydrogens is 365 g/mol. The molecule has 0 aliphatic rings. The van der Waals surface area contributed by atoms with Gasteiger partial charge in [-0.15, -0.1) is 0 Å². The standard InChI is InChI=1S/C20H28F5NO/c1-2-3-4-5-6-7-8-9-10-11-12-13-26-27-14-15-16(21)18(23)20(25)19(24)17(15)22/h13H,2-12,14H2,1H3/b26-13+. The van der Waals surface area contributed by atoms with Crippen molar-refractivity contribution in [3.63, 3.8) is 0 Å². The summed E-state index contributed by atoms with van der Waals surface area (Å²) in [6, 6.07) is 0. The van der Waals surface area contributed by atoms with Crippen molar-refractivity contribution in [2.75, 3.05) is 0 Å². The quantitative estimate of drug-likeness (QED) is 0.0818. The maximum absolute atomic E-state index is 13.4. The fourth-order valence-electron chi connectivity index (χ4n) is 2.71. The molecule has 154 valence electrons. The Labute approximate surface area is 157 Å². The van der Waals surface area contributed by atoms with E-state index in [9.17, 15) is 22.0 Å². The van der Waals surface area contributed by atoms with Crippen molar-refractivity contribution in [2.45, 2.75) is 84.2 Å². The van der Waals surface area contributed by atoms with Crippen molar-refractivity contribution in [1.29, 1.82) is 0 Å². The third-order valence-corrected chi connectivity index (χ3v) is 4.35. The van der Waals surface area contributed by atoms with E-state index in [0.717, 1.165) is 19.3 Å². The van der Waals surface area contributed by atoms with Crippen LogP contribution in [0.1, 0.15) is 83.1 Å². The van der Waals surface area contributed by atoms with E-state index < -0.39 is 41.3 Å². The van der Waals surface area contributed by atoms with E-state index in [0.29, 0.717) is 6.42 Å². The molecule has 0 aliphatic carbocycles. The lowest BCUT2D eigenvalue weighted by Gasteiger charge is -2.06. The number of rotatable bonds is 14. The smallest absolute Gasteiger partial charge is 0.200 e. The Morgan fingerprint density at radius 1 is 0.667 bits per heavy atom. The van der Waals surface area contributed by atoms with Gasteiger partial charge in [-0.25, -0.2) is 22.0 Å². The van der Waals surface area contributed by atoms with Gasteiger partial charge in [0.1, 0.15) is 6.61 Å². The van der Waals surface area contributed by atoms with E-state index in [2.05, 4.69) is 16.9 Å². The highest BCUT2D eigenvalue weighted by molar-refractivity contribution is 5.56. The Balaban J connectivity index is 2.14. The van der Waals surface area contributed by atoms with Gasteiger partial charge >= 0.3 is 0 Å². The molecule has 0 unspecified atom stereocenters. The molecule has 0 spiro atoms. The minimum absolute atomic E-state index is 0.633. The van der Waals surface area contributed by atoms with Gasteiger partial charge in [0.2, 0.25) is 5.82 Å². The molecule has 7 heteroatoms. The number of benzene rings is 1. The minimum Gasteiger partial charge on any atom is -0.391 e. The minimum atomic E-state index is -2.18. The Morgan fingerprint density at radius 2 is 1.11 bits per heavy atom. The molecule has 0 saturated heterocycles. The molecule has 27 heavy (non-hydrogen) atoms. The lowest BCUT2D eigenvalue weighted by molar-refractivity contribution is 0.124. The topological polar surface area (TPSA) is 21.6 Å². The summed E-state index contributed by atoms with van der Waals surface area (Å²) < 4.78 is 65.8. The first-order valence-corrected chi connectivity index (χ1v) is 9.64. The second kappa shape index (κ2) is 13.5. The highest BCUT2D eigenvalue weighted by Crippen LogP contribution is 2.23. The average Bonchev–Trinajstić information content (AvgIpc) is 2.67. The molecular formula is C20H28F5NO. The van der Waals surface area contributed by atoms with E-state index in [1.54, 1.807) is 0 Å². The van der Waals surface area contributed by atoms with Crippen LogP contribution in [0.5, 0.6) is 0 Å². The largest absolute Gasteiger partial charge is 0.391 e. The average molecular weight is 393 g/mol. The van der Waals surface area contributed by atoms with Crippen LogP contribution in [-0.2, 0) is 11.4 Å². The molecule has 0 heterocycles. The summed E-state index contributed by atoms with van der Waals surface area (Å²) >= 11 is 0. The lowest BCUT2D eigenvalue weighted by atomic mass is 10.1. The summed E-state index contributed by atoms with van der Waals surface area (Å²) in [5, 5.41) is 3.51. The first-order chi connectivity index (χ1) is 13.0. The maximum atomic E-state index is 13.4. The van der Waals surface area contributed by atoms with Gasteiger partial charge in [-0.05, 0) is 12.8 Å². The number of hydrogen-bond donors (Lipinski definition) is 0. The molecule has 0 aliphatic heterocycles. The first-order valence-electron chi connectivity index (χ1n) is 9.64. The van der Waals surface area contributed by atoms with Crippen LogP contribution < -0.4 is 0 Å². The summed E-state index contributed by atoms with van der Waals surface area (Å²) in [6.45, 7) is 1.38. The van der Waals surface area contributed by atoms with E-state index in [-0.39, 0.29) is 0 Å². The van der Waals surface area contributed by atoms with Crippen LogP contribution in [0.15, 0.2) is 5.16 Å². The van der Waals surface area contributed by atoms with Crippen molar-refractivity contribution >= 4 is 6.21 Å². The van der Waals surface area contributed by atoms with Gasteiger partial charge in [-0.2, -0.15) is 0 Å². The molecule has 0 atom stereocenters. The second-order valence-corrected chi connectivity index (χ2v) is 6.58. The molecule has 0 aromatic heterocycles. The van der Waals surface area contributed by atoms with Crippen LogP contribution in [0.2, 0.25) is 0 Å². The predicted octanol–water partition coefficient (Wildman–Crippen LogP) is 7.20. The SMILES string of the molecule is CCCCCCCCCCCC/C=N/OCc1c(F)c(F)c(F)c(F)c1F. The van der Waals surface area contributed by atoms with Gasteiger partial charge in [0.25, 0.3) is 0 Å². The zero-order chi connectivity index (χ0) is 20.1. The fourth-order valence-corrected chi connectivity index (χ4v) is 2.71. The first kappa shape index (κ1) is 23.4. The maximum Gasteiger partial charge on any atom is 0.200 e. The summed E-state index contributed by atoms with van der Waals surface area (Å²) in [5.74, 6) is -9.94. The fraction of sp³-hybridized carbons (Fsp3) is 0.650. The lowest BCUT2D eigenvalue weighted by Crippen LogP contribution is -2.07. The number of oxime groups is 1. The number of unbranched alkanes of at least 4 members (excludes halogenated alkanes) is 10. The van der Waals surface area contributed by atoms with Crippen LogP contribution >= 0.6 is 0 Å². The van der Waals surface area contributed by atoms with Gasteiger partial charge in [0, 0.05) is 6.21 Å². The van der Waals surface area contributed by atoms with E-state index in [4.69, 9.17) is 0 Å². The van der Waals surface area contributed by atoms with Gasteiger partial charge < -0.3 is 4.84 Å². The normalized spacial score (nSPS) is 11.5. The van der Waals surface area contributed by atoms with Gasteiger partial charge in [-0.1, -0.05) is 69.9 Å². The molecule has 2 nitrogen and oxygen atoms in total. The molecule has 0 saturated carbocycles. The number of halogens is 5. The second-order valence-electron chi connectivity index (χ2n) is 6.58. The van der Waals surface area contributed by atoms with Gasteiger partial charge in [0.05, 0.1) is 5.56 Å². The van der Waals surface area contributed by atoms with Crippen LogP contribution in [0.4, 0.5) is 22.0 Å². The third-order valence-electron chi connectivity index (χ3n) is 4.35. The Bertz CT molecular complexity index is 563. The van der Waals surface area contributed by atoms with Gasteiger partial charge in [0.15, 0.2) is 23.3 Å². The zero-order valence-corrected chi connectivity index (χ0v) is 15.8. The Morgan fingerprint density at radius 3 is 1.63 bits per heavy atom. The van der Waals surface area contributed by atoms with Crippen LogP contribution in [0.3, 0.4) is 0 Å². The number of nitrogens with zero attached hydrogens (tertiary/aromatic N) is 1. The van der Waals surface area contributed by atoms with Crippen molar-refractivity contribution in [1.82, 2.24) is 0 Å². The molecule has 0 N–H and O–H groups in total. The summed E-state index contributed by atoms with van der Waals surface area (Å²) in [4.78, 5) is 4.66. The third kappa shape index (κ3) is 8.26. The molecule has 1 rings (SSSR count). The summed E-state index contributed by atoms with van der Waals surface area (Å²) in [7, 11) is 0. The highest BCUT2D eigenvalue weighted by atomic mass is 19.2. The molecule has 1 aromatic rings. The molecule has 1 aromatic carbocycles. The Hall–Kier alpha value is -1.66. The van der Waals surface area contributed by atoms with Crippen molar-refractivity contribution in [2.24, 2.45) is 5.16 Å². The van der Waals surface area contributed by atoms with Crippen molar-refractivity contribution < 1.29 is 26.8 Å². The van der Waals surface area contributed by atoms with Crippen LogP contribution in [0.25, 0.3) is 0 Å². The van der Waals surface area contributed by atoms with Gasteiger partial charge in [-0.3, -0.25) is 0 Å². The zero-order valence-electron chi connectivity index (χ0n) is 15.8. The van der Waals surface area contributed by atoms with E-state index >= 15 is 0 Å². The summed E-state index contributed by atoms with van der Waals surface area (Å²) in [6.07, 6.45) is 14.1.